The van der Waals surface area contributed by atoms with Crippen LogP contribution in [0, 0.1) is 0 Å². The van der Waals surface area contributed by atoms with E-state index in [0.29, 0.717) is 0 Å². The summed E-state index contributed by atoms with van der Waals surface area (Å²) in [6.45, 7) is 4.28. The minimum atomic E-state index is 0.845. The first-order valence-electron chi connectivity index (χ1n) is 13.7. The molecule has 0 aromatic heterocycles. The van der Waals surface area contributed by atoms with Crippen LogP contribution in [-0.4, -0.2) is 18.5 Å². The molecule has 37 heavy (non-hydrogen) atoms. The minimum Gasteiger partial charge on any atom is -0.397 e. The second-order valence-electron chi connectivity index (χ2n) is 10.3. The van der Waals surface area contributed by atoms with Gasteiger partial charge in [-0.2, -0.15) is 0 Å². The third-order valence-corrected chi connectivity index (χ3v) is 7.79. The van der Waals surface area contributed by atoms with E-state index < -0.39 is 0 Å². The molecule has 3 aliphatic carbocycles. The van der Waals surface area contributed by atoms with Gasteiger partial charge in [-0.25, -0.2) is 0 Å². The third kappa shape index (κ3) is 6.06. The topological polar surface area (TPSA) is 41.3 Å². The van der Waals surface area contributed by atoms with Crippen molar-refractivity contribution in [3.63, 3.8) is 0 Å². The number of hydrogen-bond acceptors (Lipinski definition) is 3. The monoisotopic (exact) mass is 489 g/mol. The van der Waals surface area contributed by atoms with E-state index >= 15 is 0 Å². The summed E-state index contributed by atoms with van der Waals surface area (Å²) in [4.78, 5) is 2.33. The number of nitrogens with zero attached hydrogens (tertiary/aromatic N) is 1. The summed E-state index contributed by atoms with van der Waals surface area (Å²) in [6.07, 6.45) is 19.9. The van der Waals surface area contributed by atoms with Gasteiger partial charge in [0.05, 0.1) is 5.70 Å². The molecular weight excluding hydrogens is 450 g/mol. The molecule has 5 rings (SSSR count). The largest absolute Gasteiger partial charge is 0.397 e. The van der Waals surface area contributed by atoms with Gasteiger partial charge in [0.15, 0.2) is 0 Å². The van der Waals surface area contributed by atoms with Crippen LogP contribution in [0.5, 0.6) is 0 Å². The van der Waals surface area contributed by atoms with Gasteiger partial charge in [0.1, 0.15) is 0 Å². The predicted molar refractivity (Wildman–Crippen MR) is 159 cm³/mol. The lowest BCUT2D eigenvalue weighted by Gasteiger charge is -2.23. The van der Waals surface area contributed by atoms with Crippen molar-refractivity contribution in [2.45, 2.75) is 52.0 Å². The van der Waals surface area contributed by atoms with Crippen molar-refractivity contribution in [2.24, 2.45) is 5.73 Å². The second kappa shape index (κ2) is 11.7. The first-order valence-corrected chi connectivity index (χ1v) is 13.7. The van der Waals surface area contributed by atoms with E-state index in [-0.39, 0.29) is 0 Å². The predicted octanol–water partition coefficient (Wildman–Crippen LogP) is 7.98. The number of rotatable bonds is 8. The highest BCUT2D eigenvalue weighted by molar-refractivity contribution is 5.80. The molecule has 3 N–H and O–H groups in total. The summed E-state index contributed by atoms with van der Waals surface area (Å²) in [6, 6.07) is 17.7. The zero-order valence-electron chi connectivity index (χ0n) is 22.3. The zero-order chi connectivity index (χ0) is 25.6. The molecule has 0 saturated heterocycles. The maximum Gasteiger partial charge on any atom is 0.0507 e. The van der Waals surface area contributed by atoms with Crippen molar-refractivity contribution in [1.82, 2.24) is 4.90 Å². The molecule has 0 spiro atoms. The molecule has 0 heterocycles. The Kier molecular flexibility index (Phi) is 7.91. The molecule has 0 aliphatic heterocycles. The number of benzene rings is 2. The highest BCUT2D eigenvalue weighted by atomic mass is 15.1. The Morgan fingerprint density at radius 2 is 1.43 bits per heavy atom. The van der Waals surface area contributed by atoms with Crippen LogP contribution in [-0.2, 0) is 6.54 Å². The van der Waals surface area contributed by atoms with Crippen molar-refractivity contribution >= 4 is 16.8 Å². The van der Waals surface area contributed by atoms with E-state index in [1.54, 1.807) is 0 Å². The number of hydrogen-bond donors (Lipinski definition) is 2. The standard InChI is InChI=1S/C34H39N3/c1-3-37(2)24-25-12-14-26(15-13-25)27-16-18-28(19-17-27)29-20-22-30(23-21-29)31-8-4-6-10-33(31)36-34-11-7-5-9-32(34)35/h4-6,8-10,12-16,18,20,22,36H,3,7,11,17,19,21,23-24,35H2,1-2H3. The zero-order valence-corrected chi connectivity index (χ0v) is 22.3. The minimum absolute atomic E-state index is 0.845. The number of nitrogens with one attached hydrogen (secondary N) is 1. The van der Waals surface area contributed by atoms with Crippen LogP contribution in [0.1, 0.15) is 62.1 Å². The summed E-state index contributed by atoms with van der Waals surface area (Å²) in [5.41, 5.74) is 19.1. The highest BCUT2D eigenvalue weighted by Gasteiger charge is 2.17. The quantitative estimate of drug-likeness (QED) is 0.395. The third-order valence-electron chi connectivity index (χ3n) is 7.79. The van der Waals surface area contributed by atoms with Crippen molar-refractivity contribution in [2.75, 3.05) is 18.9 Å². The molecular formula is C34H39N3. The molecule has 0 amide bonds. The molecule has 0 saturated carbocycles. The van der Waals surface area contributed by atoms with Gasteiger partial charge in [0.25, 0.3) is 0 Å². The van der Waals surface area contributed by atoms with Gasteiger partial charge in [-0.05, 0) is 97.7 Å². The van der Waals surface area contributed by atoms with Gasteiger partial charge in [-0.15, -0.1) is 0 Å². The second-order valence-corrected chi connectivity index (χ2v) is 10.3. The fraction of sp³-hybridized carbons (Fsp3) is 0.294. The van der Waals surface area contributed by atoms with Crippen molar-refractivity contribution in [1.29, 1.82) is 0 Å². The summed E-state index contributed by atoms with van der Waals surface area (Å²) in [5, 5.41) is 3.63. The molecule has 2 aromatic carbocycles. The number of allylic oxidation sites excluding steroid dienone is 11. The summed E-state index contributed by atoms with van der Waals surface area (Å²) >= 11 is 0. The van der Waals surface area contributed by atoms with Gasteiger partial charge >= 0.3 is 0 Å². The molecule has 3 aliphatic rings. The number of para-hydroxylation sites is 1. The normalized spacial score (nSPS) is 17.8. The number of anilines is 1. The van der Waals surface area contributed by atoms with Gasteiger partial charge in [0.2, 0.25) is 0 Å². The average molecular weight is 490 g/mol. The first-order chi connectivity index (χ1) is 18.1. The van der Waals surface area contributed by atoms with Crippen molar-refractivity contribution in [3.8, 4) is 0 Å². The van der Waals surface area contributed by atoms with Crippen LogP contribution in [0.25, 0.3) is 11.1 Å². The summed E-state index contributed by atoms with van der Waals surface area (Å²) in [7, 11) is 2.17. The molecule has 2 aromatic rings. The Labute approximate surface area is 222 Å². The van der Waals surface area contributed by atoms with Crippen LogP contribution < -0.4 is 11.1 Å². The lowest BCUT2D eigenvalue weighted by atomic mass is 9.84. The summed E-state index contributed by atoms with van der Waals surface area (Å²) in [5.74, 6) is 0. The average Bonchev–Trinajstić information content (AvgIpc) is 2.95. The van der Waals surface area contributed by atoms with Gasteiger partial charge in [-0.1, -0.05) is 79.8 Å². The van der Waals surface area contributed by atoms with E-state index in [0.717, 1.165) is 68.7 Å². The SMILES string of the molecule is CCN(C)Cc1ccc(C2=CC=C(C3=CC=C(c4ccccc4NC4=C(N)C=CCC4)CC3)CC2)cc1. The lowest BCUT2D eigenvalue weighted by molar-refractivity contribution is 0.346. The fourth-order valence-electron chi connectivity index (χ4n) is 5.37. The Hall–Kier alpha value is -3.56. The van der Waals surface area contributed by atoms with Crippen LogP contribution >= 0.6 is 0 Å². The Bertz CT molecular complexity index is 1320. The maximum atomic E-state index is 6.23. The highest BCUT2D eigenvalue weighted by Crippen LogP contribution is 2.37. The van der Waals surface area contributed by atoms with E-state index in [9.17, 15) is 0 Å². The van der Waals surface area contributed by atoms with Crippen LogP contribution in [0.2, 0.25) is 0 Å². The lowest BCUT2D eigenvalue weighted by Crippen LogP contribution is -2.16. The molecule has 0 unspecified atom stereocenters. The summed E-state index contributed by atoms with van der Waals surface area (Å²) < 4.78 is 0. The Balaban J connectivity index is 1.29. The van der Waals surface area contributed by atoms with Crippen molar-refractivity contribution in [3.05, 3.63) is 124 Å². The van der Waals surface area contributed by atoms with Gasteiger partial charge in [0, 0.05) is 23.5 Å². The molecule has 0 fully saturated rings. The molecule has 0 atom stereocenters. The molecule has 3 heteroatoms. The Morgan fingerprint density at radius 3 is 2.08 bits per heavy atom. The number of nitrogens with two attached hydrogens (primary N) is 1. The van der Waals surface area contributed by atoms with E-state index in [4.69, 9.17) is 5.73 Å². The fourth-order valence-corrected chi connectivity index (χ4v) is 5.37. The Morgan fingerprint density at radius 1 is 0.784 bits per heavy atom. The van der Waals surface area contributed by atoms with E-state index in [2.05, 4.69) is 103 Å². The van der Waals surface area contributed by atoms with Crippen molar-refractivity contribution < 1.29 is 0 Å². The van der Waals surface area contributed by atoms with Crippen LogP contribution in [0.15, 0.2) is 108 Å². The maximum absolute atomic E-state index is 6.23. The molecule has 0 radical (unpaired) electrons. The molecule has 190 valence electrons. The molecule has 3 nitrogen and oxygen atoms in total. The smallest absolute Gasteiger partial charge is 0.0507 e. The van der Waals surface area contributed by atoms with Gasteiger partial charge < -0.3 is 16.0 Å². The van der Waals surface area contributed by atoms with Crippen LogP contribution in [0.3, 0.4) is 0 Å². The van der Waals surface area contributed by atoms with Crippen LogP contribution in [0.4, 0.5) is 5.69 Å². The first kappa shape index (κ1) is 25.1. The molecule has 0 bridgehead atoms. The van der Waals surface area contributed by atoms with E-state index in [1.165, 1.54) is 39.0 Å². The van der Waals surface area contributed by atoms with E-state index in [1.807, 2.05) is 6.08 Å². The van der Waals surface area contributed by atoms with Gasteiger partial charge in [-0.3, -0.25) is 0 Å².